The molecule has 1 atom stereocenters. The second kappa shape index (κ2) is 7.83. The van der Waals surface area contributed by atoms with E-state index in [2.05, 4.69) is 65.8 Å². The monoisotopic (exact) mass is 368 g/mol. The fourth-order valence-electron chi connectivity index (χ4n) is 3.68. The van der Waals surface area contributed by atoms with E-state index in [1.165, 1.54) is 5.56 Å². The molecule has 1 fully saturated rings. The van der Waals surface area contributed by atoms with Crippen LogP contribution in [-0.2, 0) is 11.2 Å². The number of rotatable bonds is 6. The molecule has 1 unspecified atom stereocenters. The maximum absolute atomic E-state index is 12.4. The first kappa shape index (κ1) is 19.6. The van der Waals surface area contributed by atoms with Crippen molar-refractivity contribution in [2.75, 3.05) is 6.54 Å². The average Bonchev–Trinajstić information content (AvgIpc) is 3.18. The second-order valence-electron chi connectivity index (χ2n) is 8.68. The van der Waals surface area contributed by atoms with Crippen molar-refractivity contribution in [3.63, 3.8) is 0 Å². The first-order valence-electron chi connectivity index (χ1n) is 10.1. The molecule has 1 aromatic heterocycles. The maximum atomic E-state index is 12.4. The first-order valence-corrected chi connectivity index (χ1v) is 10.1. The first-order chi connectivity index (χ1) is 12.8. The Morgan fingerprint density at radius 1 is 1.07 bits per heavy atom. The normalized spacial score (nSPS) is 17.7. The summed E-state index contributed by atoms with van der Waals surface area (Å²) in [4.78, 5) is 19.2. The minimum absolute atomic E-state index is 0.0955. The van der Waals surface area contributed by atoms with Crippen molar-refractivity contribution in [1.29, 1.82) is 0 Å². The predicted molar refractivity (Wildman–Crippen MR) is 108 cm³/mol. The third kappa shape index (κ3) is 4.23. The summed E-state index contributed by atoms with van der Waals surface area (Å²) in [5, 5.41) is 4.81. The Morgan fingerprint density at radius 3 is 2.26 bits per heavy atom. The molecule has 1 aromatic carbocycles. The molecule has 1 aliphatic heterocycles. The van der Waals surface area contributed by atoms with Crippen molar-refractivity contribution in [3.05, 3.63) is 41.5 Å². The summed E-state index contributed by atoms with van der Waals surface area (Å²) in [6.45, 7) is 13.6. The van der Waals surface area contributed by atoms with Gasteiger partial charge >= 0.3 is 0 Å². The number of aromatic nitrogens is 3. The summed E-state index contributed by atoms with van der Waals surface area (Å²) in [5.74, 6) is 3.08. The smallest absolute Gasteiger partial charge is 0.223 e. The van der Waals surface area contributed by atoms with Crippen molar-refractivity contribution in [2.45, 2.75) is 72.3 Å². The number of benzene rings is 1. The lowest BCUT2D eigenvalue weighted by molar-refractivity contribution is -0.129. The van der Waals surface area contributed by atoms with E-state index in [4.69, 9.17) is 10.1 Å². The zero-order chi connectivity index (χ0) is 19.7. The summed E-state index contributed by atoms with van der Waals surface area (Å²) in [5.41, 5.74) is 2.33. The molecule has 1 amide bonds. The molecule has 0 bridgehead atoms. The highest BCUT2D eigenvalue weighted by atomic mass is 16.2. The second-order valence-corrected chi connectivity index (χ2v) is 8.68. The number of amides is 1. The van der Waals surface area contributed by atoms with Crippen molar-refractivity contribution < 1.29 is 4.79 Å². The fraction of sp³-hybridized carbons (Fsp3) is 0.591. The van der Waals surface area contributed by atoms with Crippen LogP contribution in [0.1, 0.15) is 77.0 Å². The molecular weight excluding hydrogens is 336 g/mol. The van der Waals surface area contributed by atoms with Gasteiger partial charge in [-0.15, -0.1) is 0 Å². The number of nitrogens with zero attached hydrogens (tertiary/aromatic N) is 4. The SMILES string of the molecule is CC(C)Cc1nc(C2CC(=O)N(C(C)C)C2)n(-c2ccc(C(C)C)cc2)n1. The van der Waals surface area contributed by atoms with Crippen molar-refractivity contribution in [3.8, 4) is 5.69 Å². The Balaban J connectivity index is 1.97. The fourth-order valence-corrected chi connectivity index (χ4v) is 3.68. The minimum atomic E-state index is 0.0955. The average molecular weight is 369 g/mol. The molecule has 2 heterocycles. The summed E-state index contributed by atoms with van der Waals surface area (Å²) in [7, 11) is 0. The molecule has 0 radical (unpaired) electrons. The number of hydrogen-bond donors (Lipinski definition) is 0. The van der Waals surface area contributed by atoms with E-state index in [0.29, 0.717) is 18.3 Å². The topological polar surface area (TPSA) is 51.0 Å². The van der Waals surface area contributed by atoms with Crippen LogP contribution in [0.5, 0.6) is 0 Å². The zero-order valence-electron chi connectivity index (χ0n) is 17.4. The molecule has 5 nitrogen and oxygen atoms in total. The number of carbonyl (C=O) groups is 1. The van der Waals surface area contributed by atoms with E-state index in [-0.39, 0.29) is 17.9 Å². The van der Waals surface area contributed by atoms with Crippen LogP contribution in [0, 0.1) is 5.92 Å². The third-order valence-electron chi connectivity index (χ3n) is 5.22. The Morgan fingerprint density at radius 2 is 1.74 bits per heavy atom. The molecule has 1 saturated heterocycles. The minimum Gasteiger partial charge on any atom is -0.340 e. The lowest BCUT2D eigenvalue weighted by Gasteiger charge is -2.20. The van der Waals surface area contributed by atoms with E-state index in [9.17, 15) is 4.79 Å². The van der Waals surface area contributed by atoms with Gasteiger partial charge in [-0.3, -0.25) is 4.79 Å². The van der Waals surface area contributed by atoms with Crippen molar-refractivity contribution in [2.24, 2.45) is 5.92 Å². The van der Waals surface area contributed by atoms with Gasteiger partial charge in [-0.05, 0) is 43.4 Å². The Hall–Kier alpha value is -2.17. The van der Waals surface area contributed by atoms with Gasteiger partial charge in [0.2, 0.25) is 5.91 Å². The van der Waals surface area contributed by atoms with E-state index in [1.807, 2.05) is 9.58 Å². The van der Waals surface area contributed by atoms with Crippen LogP contribution in [0.4, 0.5) is 0 Å². The summed E-state index contributed by atoms with van der Waals surface area (Å²) in [6.07, 6.45) is 1.36. The highest BCUT2D eigenvalue weighted by Crippen LogP contribution is 2.30. The molecule has 0 saturated carbocycles. The van der Waals surface area contributed by atoms with Gasteiger partial charge in [0.15, 0.2) is 5.82 Å². The Bertz CT molecular complexity index is 789. The largest absolute Gasteiger partial charge is 0.340 e. The van der Waals surface area contributed by atoms with Crippen molar-refractivity contribution >= 4 is 5.91 Å². The molecule has 146 valence electrons. The van der Waals surface area contributed by atoms with Crippen LogP contribution >= 0.6 is 0 Å². The van der Waals surface area contributed by atoms with Crippen LogP contribution in [0.3, 0.4) is 0 Å². The predicted octanol–water partition coefficient (Wildman–Crippen LogP) is 4.31. The van der Waals surface area contributed by atoms with Gasteiger partial charge in [0.05, 0.1) is 5.69 Å². The summed E-state index contributed by atoms with van der Waals surface area (Å²) >= 11 is 0. The molecule has 2 aromatic rings. The zero-order valence-corrected chi connectivity index (χ0v) is 17.4. The molecular formula is C22H32N4O. The van der Waals surface area contributed by atoms with Crippen LogP contribution in [-0.4, -0.2) is 38.2 Å². The van der Waals surface area contributed by atoms with Gasteiger partial charge in [-0.2, -0.15) is 5.10 Å². The molecule has 0 spiro atoms. The molecule has 0 aliphatic carbocycles. The van der Waals surface area contributed by atoms with Crippen LogP contribution in [0.25, 0.3) is 5.69 Å². The third-order valence-corrected chi connectivity index (χ3v) is 5.22. The molecule has 5 heteroatoms. The quantitative estimate of drug-likeness (QED) is 0.763. The van der Waals surface area contributed by atoms with Gasteiger partial charge in [0, 0.05) is 31.3 Å². The van der Waals surface area contributed by atoms with Crippen molar-refractivity contribution in [1.82, 2.24) is 19.7 Å². The molecule has 3 rings (SSSR count). The van der Waals surface area contributed by atoms with Gasteiger partial charge in [0.25, 0.3) is 0 Å². The van der Waals surface area contributed by atoms with E-state index in [0.717, 1.165) is 30.3 Å². The lowest BCUT2D eigenvalue weighted by Crippen LogP contribution is -2.32. The van der Waals surface area contributed by atoms with E-state index < -0.39 is 0 Å². The summed E-state index contributed by atoms with van der Waals surface area (Å²) < 4.78 is 1.96. The number of likely N-dealkylation sites (tertiary alicyclic amines) is 1. The van der Waals surface area contributed by atoms with E-state index >= 15 is 0 Å². The van der Waals surface area contributed by atoms with Gasteiger partial charge < -0.3 is 4.90 Å². The van der Waals surface area contributed by atoms with Crippen LogP contribution in [0.2, 0.25) is 0 Å². The van der Waals surface area contributed by atoms with Crippen LogP contribution in [0.15, 0.2) is 24.3 Å². The summed E-state index contributed by atoms with van der Waals surface area (Å²) in [6, 6.07) is 8.77. The highest BCUT2D eigenvalue weighted by molar-refractivity contribution is 5.79. The van der Waals surface area contributed by atoms with Crippen LogP contribution < -0.4 is 0 Å². The van der Waals surface area contributed by atoms with Gasteiger partial charge in [0.1, 0.15) is 5.82 Å². The molecule has 27 heavy (non-hydrogen) atoms. The van der Waals surface area contributed by atoms with E-state index in [1.54, 1.807) is 0 Å². The standard InChI is InChI=1S/C22H32N4O/c1-14(2)11-20-23-22(18-12-21(27)25(13-18)16(5)6)26(24-20)19-9-7-17(8-10-19)15(3)4/h7-10,14-16,18H,11-13H2,1-6H3. The van der Waals surface area contributed by atoms with Gasteiger partial charge in [-0.25, -0.2) is 9.67 Å². The lowest BCUT2D eigenvalue weighted by atomic mass is 10.0. The number of hydrogen-bond acceptors (Lipinski definition) is 3. The molecule has 1 aliphatic rings. The van der Waals surface area contributed by atoms with Gasteiger partial charge in [-0.1, -0.05) is 39.8 Å². The Kier molecular flexibility index (Phi) is 5.68. The maximum Gasteiger partial charge on any atom is 0.223 e. The Labute approximate surface area is 162 Å². The number of carbonyl (C=O) groups excluding carboxylic acids is 1. The highest BCUT2D eigenvalue weighted by Gasteiger charge is 2.35. The molecule has 0 N–H and O–H groups in total.